The molecule has 0 amide bonds. The molecule has 168 valence electrons. The SMILES string of the molecule is CCOC(=O)[C@@H]1C[C@H]1c1ccc(Br)cc1F.O=C(O)[C@@H]1C[C@H]1c1ccc(Br)cc1F.[Li+].[OH-]. The van der Waals surface area contributed by atoms with E-state index in [4.69, 9.17) is 9.84 Å². The second-order valence-electron chi connectivity index (χ2n) is 7.32. The number of benzene rings is 2. The van der Waals surface area contributed by atoms with Crippen LogP contribution in [0.3, 0.4) is 0 Å². The van der Waals surface area contributed by atoms with Crippen LogP contribution in [0.2, 0.25) is 0 Å². The Morgan fingerprint density at radius 2 is 1.41 bits per heavy atom. The van der Waals surface area contributed by atoms with Gasteiger partial charge in [0.2, 0.25) is 0 Å². The minimum Gasteiger partial charge on any atom is -0.870 e. The summed E-state index contributed by atoms with van der Waals surface area (Å²) in [5.74, 6) is -2.33. The van der Waals surface area contributed by atoms with E-state index in [1.165, 1.54) is 12.1 Å². The van der Waals surface area contributed by atoms with E-state index in [1.807, 2.05) is 0 Å². The molecule has 2 aliphatic carbocycles. The monoisotopic (exact) mass is 568 g/mol. The summed E-state index contributed by atoms with van der Waals surface area (Å²) in [4.78, 5) is 22.0. The fraction of sp³-hybridized carbons (Fsp3) is 0.364. The normalized spacial score (nSPS) is 22.3. The smallest absolute Gasteiger partial charge is 0.870 e. The third-order valence-corrected chi connectivity index (χ3v) is 6.20. The molecule has 4 rings (SSSR count). The Kier molecular flexibility index (Phi) is 11.1. The largest absolute Gasteiger partial charge is 1.00 e. The van der Waals surface area contributed by atoms with Crippen molar-refractivity contribution in [3.8, 4) is 0 Å². The van der Waals surface area contributed by atoms with Gasteiger partial charge in [0.05, 0.1) is 18.4 Å². The van der Waals surface area contributed by atoms with Crippen LogP contribution in [0.15, 0.2) is 45.3 Å². The second kappa shape index (κ2) is 12.3. The van der Waals surface area contributed by atoms with Gasteiger partial charge in [-0.1, -0.05) is 44.0 Å². The van der Waals surface area contributed by atoms with Crippen molar-refractivity contribution in [2.24, 2.45) is 11.8 Å². The summed E-state index contributed by atoms with van der Waals surface area (Å²) in [5, 5.41) is 8.70. The molecule has 2 fully saturated rings. The number of hydrogen-bond acceptors (Lipinski definition) is 4. The summed E-state index contributed by atoms with van der Waals surface area (Å²) >= 11 is 6.36. The Balaban J connectivity index is 0.000000303. The zero-order chi connectivity index (χ0) is 22.0. The number of carbonyl (C=O) groups is 2. The Morgan fingerprint density at radius 1 is 0.969 bits per heavy atom. The molecule has 32 heavy (non-hydrogen) atoms. The summed E-state index contributed by atoms with van der Waals surface area (Å²) in [6.07, 6.45) is 1.24. The van der Waals surface area contributed by atoms with Crippen LogP contribution < -0.4 is 18.9 Å². The summed E-state index contributed by atoms with van der Waals surface area (Å²) in [7, 11) is 0. The molecule has 2 aromatic rings. The van der Waals surface area contributed by atoms with Gasteiger partial charge in [-0.15, -0.1) is 0 Å². The van der Waals surface area contributed by atoms with Crippen molar-refractivity contribution in [2.45, 2.75) is 31.6 Å². The summed E-state index contributed by atoms with van der Waals surface area (Å²) in [6, 6.07) is 9.69. The van der Waals surface area contributed by atoms with Crippen LogP contribution in [0.25, 0.3) is 0 Å². The van der Waals surface area contributed by atoms with Gasteiger partial charge in [-0.05, 0) is 55.2 Å². The molecule has 0 aromatic heterocycles. The molecule has 0 saturated heterocycles. The number of halogens is 4. The Labute approximate surface area is 213 Å². The van der Waals surface area contributed by atoms with Gasteiger partial charge in [0, 0.05) is 20.8 Å². The molecule has 0 unspecified atom stereocenters. The Bertz CT molecular complexity index is 975. The number of hydrogen-bond donors (Lipinski definition) is 1. The van der Waals surface area contributed by atoms with Crippen LogP contribution in [-0.2, 0) is 14.3 Å². The van der Waals surface area contributed by atoms with Crippen LogP contribution in [0.4, 0.5) is 8.78 Å². The maximum absolute atomic E-state index is 13.6. The summed E-state index contributed by atoms with van der Waals surface area (Å²) in [5.41, 5.74) is 1.13. The van der Waals surface area contributed by atoms with Gasteiger partial charge in [0.1, 0.15) is 11.6 Å². The molecular weight excluding hydrogens is 549 g/mol. The molecule has 5 nitrogen and oxygen atoms in total. The van der Waals surface area contributed by atoms with Crippen LogP contribution in [-0.4, -0.2) is 29.1 Å². The predicted octanol–water partition coefficient (Wildman–Crippen LogP) is 2.86. The average Bonchev–Trinajstić information content (AvgIpc) is 3.56. The van der Waals surface area contributed by atoms with E-state index in [9.17, 15) is 18.4 Å². The first kappa shape index (κ1) is 28.8. The van der Waals surface area contributed by atoms with Crippen molar-refractivity contribution in [3.63, 3.8) is 0 Å². The molecule has 2 aliphatic rings. The minimum absolute atomic E-state index is 0. The van der Waals surface area contributed by atoms with E-state index in [0.29, 0.717) is 39.5 Å². The number of rotatable bonds is 5. The molecule has 2 aromatic carbocycles. The zero-order valence-electron chi connectivity index (χ0n) is 17.5. The van der Waals surface area contributed by atoms with Crippen molar-refractivity contribution in [2.75, 3.05) is 6.61 Å². The first-order valence-electron chi connectivity index (χ1n) is 9.52. The van der Waals surface area contributed by atoms with E-state index in [1.54, 1.807) is 31.2 Å². The standard InChI is InChI=1S/C12H12BrFO2.C10H8BrFO2.Li.H2O/c1-2-16-12(15)10-6-9(10)8-4-3-7(13)5-11(8)14;11-5-1-2-6(9(12)3-5)7-4-8(7)10(13)14;;/h3-5,9-10H,2,6H2,1H3;1-3,7-8H,4H2,(H,13,14);;1H2/q;;+1;/p-1/t9-,10+;7-,8+;;/m00../s1. The minimum atomic E-state index is -0.836. The van der Waals surface area contributed by atoms with Gasteiger partial charge in [-0.3, -0.25) is 9.59 Å². The van der Waals surface area contributed by atoms with E-state index in [2.05, 4.69) is 31.9 Å². The Hall–Kier alpha value is -1.24. The van der Waals surface area contributed by atoms with Gasteiger partial charge < -0.3 is 15.3 Å². The average molecular weight is 570 g/mol. The van der Waals surface area contributed by atoms with Gasteiger partial charge in [-0.25, -0.2) is 8.78 Å². The van der Waals surface area contributed by atoms with Crippen LogP contribution in [0.5, 0.6) is 0 Å². The van der Waals surface area contributed by atoms with E-state index in [-0.39, 0.29) is 59.7 Å². The van der Waals surface area contributed by atoms with Crippen LogP contribution in [0, 0.1) is 23.5 Å². The maximum Gasteiger partial charge on any atom is 1.00 e. The van der Waals surface area contributed by atoms with Crippen LogP contribution in [0.1, 0.15) is 42.7 Å². The molecular formula is C22H21Br2F2LiO5. The molecule has 4 atom stereocenters. The van der Waals surface area contributed by atoms with Gasteiger partial charge in [-0.2, -0.15) is 0 Å². The van der Waals surface area contributed by atoms with Crippen molar-refractivity contribution in [1.29, 1.82) is 0 Å². The molecule has 0 bridgehead atoms. The first-order chi connectivity index (χ1) is 14.2. The molecule has 2 saturated carbocycles. The van der Waals surface area contributed by atoms with Gasteiger partial charge >= 0.3 is 30.8 Å². The first-order valence-corrected chi connectivity index (χ1v) is 11.1. The number of carbonyl (C=O) groups excluding carboxylic acids is 1. The summed E-state index contributed by atoms with van der Waals surface area (Å²) in [6.45, 7) is 2.15. The molecule has 0 spiro atoms. The molecule has 10 heteroatoms. The van der Waals surface area contributed by atoms with Crippen LogP contribution >= 0.6 is 31.9 Å². The second-order valence-corrected chi connectivity index (χ2v) is 9.15. The predicted molar refractivity (Wildman–Crippen MR) is 116 cm³/mol. The van der Waals surface area contributed by atoms with E-state index < -0.39 is 11.9 Å². The van der Waals surface area contributed by atoms with Crippen molar-refractivity contribution >= 4 is 43.8 Å². The Morgan fingerprint density at radius 3 is 1.78 bits per heavy atom. The maximum atomic E-state index is 13.6. The molecule has 0 heterocycles. The quantitative estimate of drug-likeness (QED) is 0.441. The topological polar surface area (TPSA) is 93.6 Å². The molecule has 2 N–H and O–H groups in total. The fourth-order valence-corrected chi connectivity index (χ4v) is 4.13. The van der Waals surface area contributed by atoms with Gasteiger partial charge in [0.15, 0.2) is 0 Å². The third kappa shape index (κ3) is 7.13. The fourth-order valence-electron chi connectivity index (χ4n) is 3.46. The summed E-state index contributed by atoms with van der Waals surface area (Å²) < 4.78 is 33.2. The number of esters is 1. The zero-order valence-corrected chi connectivity index (χ0v) is 20.7. The number of carboxylic acid groups (broad SMARTS) is 1. The third-order valence-electron chi connectivity index (χ3n) is 5.21. The number of ether oxygens (including phenoxy) is 1. The number of aliphatic carboxylic acids is 1. The van der Waals surface area contributed by atoms with Crippen molar-refractivity contribution in [3.05, 3.63) is 68.1 Å². The van der Waals surface area contributed by atoms with Crippen molar-refractivity contribution < 1.29 is 52.6 Å². The molecule has 0 aliphatic heterocycles. The van der Waals surface area contributed by atoms with Gasteiger partial charge in [0.25, 0.3) is 0 Å². The van der Waals surface area contributed by atoms with Crippen molar-refractivity contribution in [1.82, 2.24) is 0 Å². The van der Waals surface area contributed by atoms with E-state index >= 15 is 0 Å². The van der Waals surface area contributed by atoms with E-state index in [0.717, 1.165) is 0 Å². The molecule has 0 radical (unpaired) electrons. The number of carboxylic acids is 1.